The van der Waals surface area contributed by atoms with Gasteiger partial charge in [-0.15, -0.1) is 0 Å². The minimum absolute atomic E-state index is 0.794. The summed E-state index contributed by atoms with van der Waals surface area (Å²) < 4.78 is 12.8. The first-order chi connectivity index (χ1) is 13.9. The maximum Gasteiger partial charge on any atom is 0.165 e. The Kier molecular flexibility index (Phi) is 2.46. The van der Waals surface area contributed by atoms with E-state index in [1.165, 1.54) is 0 Å². The Morgan fingerprint density at radius 2 is 1.32 bits per heavy atom. The van der Waals surface area contributed by atoms with E-state index in [0.29, 0.717) is 0 Å². The van der Waals surface area contributed by atoms with Crippen molar-refractivity contribution < 1.29 is 9.47 Å². The zero-order chi connectivity index (χ0) is 18.2. The fraction of sp³-hybridized carbons (Fsp3) is 0. The molecule has 28 heavy (non-hydrogen) atoms. The summed E-state index contributed by atoms with van der Waals surface area (Å²) in [5.74, 6) is 3.31. The second-order valence-electron chi connectivity index (χ2n) is 7.12. The standard InChI is InChI=1S/C24H14N2O2/c1-2-8-15-14(7-1)22-16(25-15)13-21-23-24(22)28-20-12-6-4-10-18(20)26(23)17-9-3-5-11-19(17)27-21/h1-13,25H. The molecule has 4 aromatic carbocycles. The van der Waals surface area contributed by atoms with E-state index in [2.05, 4.69) is 46.3 Å². The lowest BCUT2D eigenvalue weighted by Crippen LogP contribution is -2.20. The number of anilines is 3. The molecule has 0 fully saturated rings. The summed E-state index contributed by atoms with van der Waals surface area (Å²) in [4.78, 5) is 5.76. The number of hydrogen-bond acceptors (Lipinski definition) is 3. The third kappa shape index (κ3) is 1.65. The predicted molar refractivity (Wildman–Crippen MR) is 111 cm³/mol. The van der Waals surface area contributed by atoms with E-state index in [1.807, 2.05) is 42.5 Å². The number of H-pyrrole nitrogens is 1. The molecule has 0 unspecified atom stereocenters. The van der Waals surface area contributed by atoms with Gasteiger partial charge in [-0.2, -0.15) is 0 Å². The van der Waals surface area contributed by atoms with Crippen molar-refractivity contribution >= 4 is 38.9 Å². The molecule has 0 radical (unpaired) electrons. The Bertz CT molecular complexity index is 1420. The van der Waals surface area contributed by atoms with Crippen LogP contribution in [0, 0.1) is 0 Å². The van der Waals surface area contributed by atoms with Crippen LogP contribution in [-0.4, -0.2) is 4.98 Å². The Hall–Kier alpha value is -3.92. The predicted octanol–water partition coefficient (Wildman–Crippen LogP) is 7.00. The Morgan fingerprint density at radius 1 is 0.643 bits per heavy atom. The zero-order valence-corrected chi connectivity index (χ0v) is 14.8. The summed E-state index contributed by atoms with van der Waals surface area (Å²) in [6.07, 6.45) is 0. The SMILES string of the molecule is c1ccc2c(c1)Oc1cc3[nH]c4ccccc4c3c3c1N2c1ccccc1O3. The number of rotatable bonds is 0. The van der Waals surface area contributed by atoms with E-state index in [0.717, 1.165) is 61.9 Å². The van der Waals surface area contributed by atoms with Gasteiger partial charge in [0.1, 0.15) is 5.69 Å². The van der Waals surface area contributed by atoms with Gasteiger partial charge in [0.05, 0.1) is 22.3 Å². The van der Waals surface area contributed by atoms with Crippen molar-refractivity contribution in [2.75, 3.05) is 4.90 Å². The molecule has 1 aromatic heterocycles. The van der Waals surface area contributed by atoms with E-state index in [1.54, 1.807) is 0 Å². The van der Waals surface area contributed by atoms with Crippen molar-refractivity contribution in [3.8, 4) is 23.0 Å². The van der Waals surface area contributed by atoms with Crippen molar-refractivity contribution in [1.29, 1.82) is 0 Å². The molecule has 4 heteroatoms. The van der Waals surface area contributed by atoms with Crippen LogP contribution >= 0.6 is 0 Å². The van der Waals surface area contributed by atoms with Gasteiger partial charge in [0.25, 0.3) is 0 Å². The summed E-state index contributed by atoms with van der Waals surface area (Å²) in [6, 6.07) is 26.7. The minimum Gasteiger partial charge on any atom is -0.453 e. The molecule has 7 rings (SSSR count). The van der Waals surface area contributed by atoms with Gasteiger partial charge in [0, 0.05) is 17.0 Å². The number of aromatic amines is 1. The van der Waals surface area contributed by atoms with Crippen LogP contribution in [0.3, 0.4) is 0 Å². The monoisotopic (exact) mass is 362 g/mol. The van der Waals surface area contributed by atoms with E-state index in [4.69, 9.17) is 9.47 Å². The van der Waals surface area contributed by atoms with E-state index < -0.39 is 0 Å². The van der Waals surface area contributed by atoms with Crippen LogP contribution in [0.1, 0.15) is 0 Å². The number of ether oxygens (including phenoxy) is 2. The van der Waals surface area contributed by atoms with Crippen molar-refractivity contribution in [2.24, 2.45) is 0 Å². The van der Waals surface area contributed by atoms with Gasteiger partial charge in [-0.25, -0.2) is 0 Å². The van der Waals surface area contributed by atoms with Crippen LogP contribution in [0.4, 0.5) is 17.1 Å². The van der Waals surface area contributed by atoms with E-state index in [-0.39, 0.29) is 0 Å². The van der Waals surface area contributed by atoms with Crippen molar-refractivity contribution in [3.63, 3.8) is 0 Å². The molecule has 0 atom stereocenters. The molecule has 4 nitrogen and oxygen atoms in total. The molecule has 0 spiro atoms. The number of nitrogens with one attached hydrogen (secondary N) is 1. The van der Waals surface area contributed by atoms with Crippen molar-refractivity contribution in [2.45, 2.75) is 0 Å². The van der Waals surface area contributed by atoms with Crippen molar-refractivity contribution in [3.05, 3.63) is 78.9 Å². The molecule has 0 amide bonds. The lowest BCUT2D eigenvalue weighted by atomic mass is 10.0. The van der Waals surface area contributed by atoms with Gasteiger partial charge in [-0.3, -0.25) is 4.90 Å². The maximum atomic E-state index is 6.48. The normalized spacial score (nSPS) is 13.5. The molecule has 2 aliphatic rings. The highest BCUT2D eigenvalue weighted by Crippen LogP contribution is 2.61. The van der Waals surface area contributed by atoms with Crippen LogP contribution < -0.4 is 14.4 Å². The van der Waals surface area contributed by atoms with Crippen LogP contribution in [0.25, 0.3) is 21.8 Å². The molecule has 0 aliphatic carbocycles. The second-order valence-corrected chi connectivity index (χ2v) is 7.12. The topological polar surface area (TPSA) is 37.5 Å². The summed E-state index contributed by atoms with van der Waals surface area (Å²) in [6.45, 7) is 0. The fourth-order valence-electron chi connectivity index (χ4n) is 4.39. The lowest BCUT2D eigenvalue weighted by molar-refractivity contribution is 0.450. The molecule has 2 aliphatic heterocycles. The van der Waals surface area contributed by atoms with Gasteiger partial charge in [-0.1, -0.05) is 42.5 Å². The third-order valence-electron chi connectivity index (χ3n) is 5.55. The van der Waals surface area contributed by atoms with Crippen LogP contribution in [0.15, 0.2) is 78.9 Å². The van der Waals surface area contributed by atoms with E-state index >= 15 is 0 Å². The summed E-state index contributed by atoms with van der Waals surface area (Å²) in [5.41, 5.74) is 5.09. The molecule has 5 aromatic rings. The number of benzene rings is 4. The summed E-state index contributed by atoms with van der Waals surface area (Å²) >= 11 is 0. The molecule has 0 saturated heterocycles. The minimum atomic E-state index is 0.794. The lowest BCUT2D eigenvalue weighted by Gasteiger charge is -2.38. The smallest absolute Gasteiger partial charge is 0.165 e. The van der Waals surface area contributed by atoms with Gasteiger partial charge < -0.3 is 14.5 Å². The van der Waals surface area contributed by atoms with Gasteiger partial charge >= 0.3 is 0 Å². The number of hydrogen-bond donors (Lipinski definition) is 1. The molecule has 132 valence electrons. The average Bonchev–Trinajstić information content (AvgIpc) is 3.11. The number of aromatic nitrogens is 1. The number of fused-ring (bicyclic) bond motifs is 8. The molecular formula is C24H14N2O2. The molecule has 3 heterocycles. The average molecular weight is 362 g/mol. The second kappa shape index (κ2) is 4.87. The fourth-order valence-corrected chi connectivity index (χ4v) is 4.39. The quantitative estimate of drug-likeness (QED) is 0.315. The summed E-state index contributed by atoms with van der Waals surface area (Å²) in [7, 11) is 0. The molecular weight excluding hydrogens is 348 g/mol. The highest BCUT2D eigenvalue weighted by molar-refractivity contribution is 6.15. The first-order valence-corrected chi connectivity index (χ1v) is 9.30. The van der Waals surface area contributed by atoms with Gasteiger partial charge in [-0.05, 0) is 30.3 Å². The Morgan fingerprint density at radius 3 is 2.14 bits per heavy atom. The number of para-hydroxylation sites is 5. The van der Waals surface area contributed by atoms with Crippen molar-refractivity contribution in [1.82, 2.24) is 4.98 Å². The third-order valence-corrected chi connectivity index (χ3v) is 5.55. The Labute approximate surface area is 160 Å². The first kappa shape index (κ1) is 14.2. The van der Waals surface area contributed by atoms with Gasteiger partial charge in [0.2, 0.25) is 0 Å². The van der Waals surface area contributed by atoms with Crippen LogP contribution in [-0.2, 0) is 0 Å². The highest BCUT2D eigenvalue weighted by atomic mass is 16.5. The van der Waals surface area contributed by atoms with E-state index in [9.17, 15) is 0 Å². The molecule has 0 saturated carbocycles. The number of nitrogens with zero attached hydrogens (tertiary/aromatic N) is 1. The largest absolute Gasteiger partial charge is 0.453 e. The van der Waals surface area contributed by atoms with Crippen LogP contribution in [0.5, 0.6) is 23.0 Å². The Balaban J connectivity index is 1.67. The highest BCUT2D eigenvalue weighted by Gasteiger charge is 2.36. The molecule has 1 N–H and O–H groups in total. The zero-order valence-electron chi connectivity index (χ0n) is 14.8. The maximum absolute atomic E-state index is 6.48. The molecule has 0 bridgehead atoms. The van der Waals surface area contributed by atoms with Gasteiger partial charge in [0.15, 0.2) is 23.0 Å². The summed E-state index contributed by atoms with van der Waals surface area (Å²) in [5, 5.41) is 2.23. The van der Waals surface area contributed by atoms with Crippen LogP contribution in [0.2, 0.25) is 0 Å². The first-order valence-electron chi connectivity index (χ1n) is 9.30.